The second-order valence-electron chi connectivity index (χ2n) is 3.64. The molecule has 0 aliphatic rings. The zero-order valence-electron chi connectivity index (χ0n) is 9.06. The molecule has 0 saturated carbocycles. The number of pyridine rings is 1. The van der Waals surface area contributed by atoms with Crippen LogP contribution in [0.25, 0.3) is 0 Å². The Labute approximate surface area is 99.7 Å². The maximum absolute atomic E-state index is 5.79. The lowest BCUT2D eigenvalue weighted by Gasteiger charge is -2.17. The maximum Gasteiger partial charge on any atom is 0.128 e. The first-order chi connectivity index (χ1) is 7.79. The Hall–Kier alpha value is -1.48. The van der Waals surface area contributed by atoms with Crippen LogP contribution < -0.4 is 4.90 Å². The number of aromatic nitrogens is 1. The van der Waals surface area contributed by atoms with E-state index in [4.69, 9.17) is 16.0 Å². The molecule has 0 unspecified atom stereocenters. The molecule has 0 bridgehead atoms. The Balaban J connectivity index is 2.11. The number of rotatable bonds is 4. The maximum atomic E-state index is 5.79. The van der Waals surface area contributed by atoms with Crippen LogP contribution in [0.3, 0.4) is 0 Å². The number of alkyl halides is 1. The first-order valence-corrected chi connectivity index (χ1v) is 5.56. The third-order valence-corrected chi connectivity index (χ3v) is 2.66. The van der Waals surface area contributed by atoms with Crippen LogP contribution in [0.5, 0.6) is 0 Å². The number of halogens is 1. The van der Waals surface area contributed by atoms with Gasteiger partial charge in [-0.05, 0) is 23.8 Å². The average molecular weight is 237 g/mol. The minimum atomic E-state index is 0.509. The van der Waals surface area contributed by atoms with E-state index in [1.54, 1.807) is 18.7 Å². The van der Waals surface area contributed by atoms with Gasteiger partial charge in [0.15, 0.2) is 0 Å². The summed E-state index contributed by atoms with van der Waals surface area (Å²) in [4.78, 5) is 6.36. The van der Waals surface area contributed by atoms with E-state index in [0.29, 0.717) is 5.88 Å². The fraction of sp³-hybridized carbons (Fsp3) is 0.250. The number of hydrogen-bond acceptors (Lipinski definition) is 3. The second-order valence-corrected chi connectivity index (χ2v) is 3.91. The van der Waals surface area contributed by atoms with Crippen LogP contribution in [0.4, 0.5) is 5.82 Å². The molecular formula is C12H13ClN2O. The first kappa shape index (κ1) is 11.0. The topological polar surface area (TPSA) is 29.3 Å². The Morgan fingerprint density at radius 2 is 2.25 bits per heavy atom. The van der Waals surface area contributed by atoms with Gasteiger partial charge in [-0.25, -0.2) is 4.98 Å². The van der Waals surface area contributed by atoms with Gasteiger partial charge in [0.05, 0.1) is 12.5 Å². The third-order valence-electron chi connectivity index (χ3n) is 2.36. The zero-order valence-corrected chi connectivity index (χ0v) is 9.81. The standard InChI is InChI=1S/C12H13ClN2O/c1-15(8-11-3-5-16-9-11)12-6-10(7-13)2-4-14-12/h2-6,9H,7-8H2,1H3. The van der Waals surface area contributed by atoms with Crippen LogP contribution in [0.1, 0.15) is 11.1 Å². The molecule has 2 heterocycles. The van der Waals surface area contributed by atoms with Gasteiger partial charge in [-0.2, -0.15) is 0 Å². The summed E-state index contributed by atoms with van der Waals surface area (Å²) in [5.74, 6) is 1.43. The molecule has 2 rings (SSSR count). The highest BCUT2D eigenvalue weighted by atomic mass is 35.5. The van der Waals surface area contributed by atoms with E-state index < -0.39 is 0 Å². The SMILES string of the molecule is CN(Cc1ccoc1)c1cc(CCl)ccn1. The van der Waals surface area contributed by atoms with Crippen LogP contribution in [-0.4, -0.2) is 12.0 Å². The summed E-state index contributed by atoms with van der Waals surface area (Å²) in [7, 11) is 1.99. The molecule has 0 spiro atoms. The minimum Gasteiger partial charge on any atom is -0.472 e. The van der Waals surface area contributed by atoms with Crippen molar-refractivity contribution in [3.63, 3.8) is 0 Å². The molecule has 0 saturated heterocycles. The minimum absolute atomic E-state index is 0.509. The largest absolute Gasteiger partial charge is 0.472 e. The summed E-state index contributed by atoms with van der Waals surface area (Å²) in [6.45, 7) is 0.773. The molecule has 0 atom stereocenters. The van der Waals surface area contributed by atoms with E-state index in [1.165, 1.54) is 0 Å². The van der Waals surface area contributed by atoms with Crippen molar-refractivity contribution in [1.29, 1.82) is 0 Å². The van der Waals surface area contributed by atoms with Gasteiger partial charge in [0, 0.05) is 31.2 Å². The number of nitrogens with zero attached hydrogens (tertiary/aromatic N) is 2. The average Bonchev–Trinajstić information content (AvgIpc) is 2.82. The lowest BCUT2D eigenvalue weighted by molar-refractivity contribution is 0.563. The monoisotopic (exact) mass is 236 g/mol. The molecule has 84 valence electrons. The Kier molecular flexibility index (Phi) is 3.47. The molecule has 2 aromatic heterocycles. The summed E-state index contributed by atoms with van der Waals surface area (Å²) in [5, 5.41) is 0. The molecule has 3 nitrogen and oxygen atoms in total. The molecule has 0 radical (unpaired) electrons. The molecule has 0 aliphatic heterocycles. The van der Waals surface area contributed by atoms with Crippen LogP contribution in [0.15, 0.2) is 41.3 Å². The molecule has 0 aromatic carbocycles. The van der Waals surface area contributed by atoms with E-state index in [2.05, 4.69) is 9.88 Å². The number of hydrogen-bond donors (Lipinski definition) is 0. The second kappa shape index (κ2) is 5.03. The smallest absolute Gasteiger partial charge is 0.128 e. The van der Waals surface area contributed by atoms with E-state index in [1.807, 2.05) is 25.2 Å². The van der Waals surface area contributed by atoms with Crippen molar-refractivity contribution in [3.05, 3.63) is 48.0 Å². The van der Waals surface area contributed by atoms with Crippen molar-refractivity contribution in [1.82, 2.24) is 4.98 Å². The van der Waals surface area contributed by atoms with Crippen LogP contribution in [0.2, 0.25) is 0 Å². The highest BCUT2D eigenvalue weighted by molar-refractivity contribution is 6.17. The molecular weight excluding hydrogens is 224 g/mol. The fourth-order valence-corrected chi connectivity index (χ4v) is 1.66. The van der Waals surface area contributed by atoms with Crippen molar-refractivity contribution in [2.45, 2.75) is 12.4 Å². The van der Waals surface area contributed by atoms with Crippen molar-refractivity contribution < 1.29 is 4.42 Å². The predicted octanol–water partition coefficient (Wildman–Crippen LogP) is 3.05. The lowest BCUT2D eigenvalue weighted by atomic mass is 10.2. The third kappa shape index (κ3) is 2.55. The van der Waals surface area contributed by atoms with Gasteiger partial charge in [-0.15, -0.1) is 11.6 Å². The summed E-state index contributed by atoms with van der Waals surface area (Å²) in [5.41, 5.74) is 2.20. The highest BCUT2D eigenvalue weighted by Gasteiger charge is 2.04. The van der Waals surface area contributed by atoms with Crippen molar-refractivity contribution >= 4 is 17.4 Å². The van der Waals surface area contributed by atoms with Gasteiger partial charge in [0.2, 0.25) is 0 Å². The summed E-state index contributed by atoms with van der Waals surface area (Å²) >= 11 is 5.79. The zero-order chi connectivity index (χ0) is 11.4. The van der Waals surface area contributed by atoms with Crippen molar-refractivity contribution in [3.8, 4) is 0 Å². The quantitative estimate of drug-likeness (QED) is 0.765. The van der Waals surface area contributed by atoms with Crippen LogP contribution >= 0.6 is 11.6 Å². The van der Waals surface area contributed by atoms with Crippen LogP contribution in [0, 0.1) is 0 Å². The summed E-state index contributed by atoms with van der Waals surface area (Å²) < 4.78 is 5.03. The number of furan rings is 1. The van der Waals surface area contributed by atoms with Crippen LogP contribution in [-0.2, 0) is 12.4 Å². The summed E-state index contributed by atoms with van der Waals surface area (Å²) in [6, 6.07) is 5.86. The summed E-state index contributed by atoms with van der Waals surface area (Å²) in [6.07, 6.45) is 5.19. The lowest BCUT2D eigenvalue weighted by Crippen LogP contribution is -2.17. The Bertz CT molecular complexity index is 442. The molecule has 2 aromatic rings. The van der Waals surface area contributed by atoms with Gasteiger partial charge >= 0.3 is 0 Å². The van der Waals surface area contributed by atoms with Gasteiger partial charge in [0.1, 0.15) is 5.82 Å². The Morgan fingerprint density at radius 3 is 2.94 bits per heavy atom. The van der Waals surface area contributed by atoms with Gasteiger partial charge < -0.3 is 9.32 Å². The number of anilines is 1. The molecule has 0 aliphatic carbocycles. The fourth-order valence-electron chi connectivity index (χ4n) is 1.49. The van der Waals surface area contributed by atoms with E-state index in [-0.39, 0.29) is 0 Å². The van der Waals surface area contributed by atoms with E-state index in [9.17, 15) is 0 Å². The van der Waals surface area contributed by atoms with Crippen molar-refractivity contribution in [2.75, 3.05) is 11.9 Å². The molecule has 0 amide bonds. The van der Waals surface area contributed by atoms with E-state index in [0.717, 1.165) is 23.5 Å². The molecule has 4 heteroatoms. The molecule has 0 N–H and O–H groups in total. The van der Waals surface area contributed by atoms with Gasteiger partial charge in [-0.3, -0.25) is 0 Å². The first-order valence-electron chi connectivity index (χ1n) is 5.02. The normalized spacial score (nSPS) is 10.4. The van der Waals surface area contributed by atoms with Gasteiger partial charge in [0.25, 0.3) is 0 Å². The molecule has 0 fully saturated rings. The van der Waals surface area contributed by atoms with Gasteiger partial charge in [-0.1, -0.05) is 0 Å². The Morgan fingerprint density at radius 1 is 1.38 bits per heavy atom. The molecule has 16 heavy (non-hydrogen) atoms. The predicted molar refractivity (Wildman–Crippen MR) is 64.6 cm³/mol. The van der Waals surface area contributed by atoms with Crippen molar-refractivity contribution in [2.24, 2.45) is 0 Å². The highest BCUT2D eigenvalue weighted by Crippen LogP contribution is 2.15. The van der Waals surface area contributed by atoms with E-state index >= 15 is 0 Å².